The van der Waals surface area contributed by atoms with Crippen molar-refractivity contribution in [3.05, 3.63) is 16.1 Å². The Morgan fingerprint density at radius 2 is 2.44 bits per heavy atom. The van der Waals surface area contributed by atoms with Gasteiger partial charge in [-0.2, -0.15) is 0 Å². The fourth-order valence-corrected chi connectivity index (χ4v) is 3.25. The quantitative estimate of drug-likeness (QED) is 0.848. The monoisotopic (exact) mass is 240 g/mol. The molecule has 0 saturated heterocycles. The Labute approximate surface area is 101 Å². The molecule has 90 valence electrons. The van der Waals surface area contributed by atoms with E-state index in [-0.39, 0.29) is 0 Å². The van der Waals surface area contributed by atoms with Crippen molar-refractivity contribution < 1.29 is 5.11 Å². The van der Waals surface area contributed by atoms with Crippen molar-refractivity contribution in [1.82, 2.24) is 10.3 Å². The molecule has 0 spiro atoms. The standard InChI is InChI=1S/C12H20N2OS/c1-8(12-6-13-9(2)16-12)14-11-5-3-4-10(11)7-15/h6,8,10-11,14-15H,3-5,7H2,1-2H3. The van der Waals surface area contributed by atoms with Crippen molar-refractivity contribution in [2.24, 2.45) is 5.92 Å². The van der Waals surface area contributed by atoms with E-state index in [0.717, 1.165) is 11.4 Å². The SMILES string of the molecule is Cc1ncc(C(C)NC2CCCC2CO)s1. The molecule has 3 nitrogen and oxygen atoms in total. The lowest BCUT2D eigenvalue weighted by molar-refractivity contribution is 0.201. The Morgan fingerprint density at radius 3 is 3.06 bits per heavy atom. The smallest absolute Gasteiger partial charge is 0.0897 e. The highest BCUT2D eigenvalue weighted by molar-refractivity contribution is 7.11. The van der Waals surface area contributed by atoms with E-state index in [1.165, 1.54) is 17.7 Å². The fourth-order valence-electron chi connectivity index (χ4n) is 2.46. The van der Waals surface area contributed by atoms with Crippen LogP contribution in [0.1, 0.15) is 42.1 Å². The first kappa shape index (κ1) is 12.0. The number of hydrogen-bond acceptors (Lipinski definition) is 4. The van der Waals surface area contributed by atoms with Gasteiger partial charge in [0.05, 0.1) is 5.01 Å². The molecule has 3 unspecified atom stereocenters. The number of aryl methyl sites for hydroxylation is 1. The zero-order valence-corrected chi connectivity index (χ0v) is 10.8. The van der Waals surface area contributed by atoms with Crippen LogP contribution in [0, 0.1) is 12.8 Å². The van der Waals surface area contributed by atoms with Gasteiger partial charge in [0.1, 0.15) is 0 Å². The molecule has 1 saturated carbocycles. The lowest BCUT2D eigenvalue weighted by atomic mass is 10.0. The summed E-state index contributed by atoms with van der Waals surface area (Å²) in [4.78, 5) is 5.57. The molecule has 1 aromatic rings. The van der Waals surface area contributed by atoms with E-state index in [1.54, 1.807) is 11.3 Å². The van der Waals surface area contributed by atoms with Gasteiger partial charge in [-0.1, -0.05) is 6.42 Å². The van der Waals surface area contributed by atoms with Crippen LogP contribution in [0.2, 0.25) is 0 Å². The molecule has 2 rings (SSSR count). The van der Waals surface area contributed by atoms with Crippen molar-refractivity contribution in [3.8, 4) is 0 Å². The summed E-state index contributed by atoms with van der Waals surface area (Å²) in [5.41, 5.74) is 0. The highest BCUT2D eigenvalue weighted by atomic mass is 32.1. The van der Waals surface area contributed by atoms with E-state index < -0.39 is 0 Å². The third-order valence-electron chi connectivity index (χ3n) is 3.42. The maximum atomic E-state index is 9.27. The Morgan fingerprint density at radius 1 is 1.62 bits per heavy atom. The zero-order valence-electron chi connectivity index (χ0n) is 9.94. The Balaban J connectivity index is 1.94. The Hall–Kier alpha value is -0.450. The summed E-state index contributed by atoms with van der Waals surface area (Å²) in [6.07, 6.45) is 5.54. The minimum atomic E-state index is 0.312. The second-order valence-electron chi connectivity index (χ2n) is 4.65. The second-order valence-corrected chi connectivity index (χ2v) is 5.92. The van der Waals surface area contributed by atoms with Gasteiger partial charge in [0.15, 0.2) is 0 Å². The van der Waals surface area contributed by atoms with Crippen LogP contribution in [0.4, 0.5) is 0 Å². The highest BCUT2D eigenvalue weighted by Gasteiger charge is 2.27. The van der Waals surface area contributed by atoms with Gasteiger partial charge in [-0.3, -0.25) is 0 Å². The van der Waals surface area contributed by atoms with Crippen LogP contribution in [0.15, 0.2) is 6.20 Å². The third-order valence-corrected chi connectivity index (χ3v) is 4.52. The molecule has 0 aromatic carbocycles. The van der Waals surface area contributed by atoms with Crippen LogP contribution in [-0.4, -0.2) is 22.7 Å². The highest BCUT2D eigenvalue weighted by Crippen LogP contribution is 2.28. The van der Waals surface area contributed by atoms with Gasteiger partial charge < -0.3 is 10.4 Å². The maximum Gasteiger partial charge on any atom is 0.0897 e. The van der Waals surface area contributed by atoms with E-state index in [9.17, 15) is 5.11 Å². The summed E-state index contributed by atoms with van der Waals surface area (Å²) in [6.45, 7) is 4.53. The maximum absolute atomic E-state index is 9.27. The second kappa shape index (κ2) is 5.25. The number of hydrogen-bond donors (Lipinski definition) is 2. The molecule has 16 heavy (non-hydrogen) atoms. The van der Waals surface area contributed by atoms with Gasteiger partial charge in [-0.15, -0.1) is 11.3 Å². The molecule has 3 atom stereocenters. The lowest BCUT2D eigenvalue weighted by Gasteiger charge is -2.23. The van der Waals surface area contributed by atoms with Crippen molar-refractivity contribution in [2.75, 3.05) is 6.61 Å². The van der Waals surface area contributed by atoms with Crippen LogP contribution in [-0.2, 0) is 0 Å². The summed E-state index contributed by atoms with van der Waals surface area (Å²) in [5, 5.41) is 14.0. The number of rotatable bonds is 4. The first-order valence-electron chi connectivity index (χ1n) is 6.00. The molecule has 0 radical (unpaired) electrons. The van der Waals surface area contributed by atoms with Crippen molar-refractivity contribution >= 4 is 11.3 Å². The van der Waals surface area contributed by atoms with Gasteiger partial charge in [0.25, 0.3) is 0 Å². The topological polar surface area (TPSA) is 45.2 Å². The van der Waals surface area contributed by atoms with Gasteiger partial charge in [0.2, 0.25) is 0 Å². The molecule has 1 fully saturated rings. The molecule has 1 aliphatic carbocycles. The van der Waals surface area contributed by atoms with Crippen LogP contribution in [0.3, 0.4) is 0 Å². The van der Waals surface area contributed by atoms with Crippen LogP contribution in [0.5, 0.6) is 0 Å². The molecular formula is C12H20N2OS. The number of nitrogens with zero attached hydrogens (tertiary/aromatic N) is 1. The van der Waals surface area contributed by atoms with E-state index in [2.05, 4.69) is 17.2 Å². The van der Waals surface area contributed by atoms with E-state index in [1.807, 2.05) is 13.1 Å². The lowest BCUT2D eigenvalue weighted by Crippen LogP contribution is -2.35. The van der Waals surface area contributed by atoms with Crippen molar-refractivity contribution in [2.45, 2.75) is 45.2 Å². The normalized spacial score (nSPS) is 27.2. The number of thiazole rings is 1. The molecule has 1 aromatic heterocycles. The molecule has 0 aliphatic heterocycles. The number of aromatic nitrogens is 1. The molecule has 1 heterocycles. The molecular weight excluding hydrogens is 220 g/mol. The summed E-state index contributed by atoms with van der Waals surface area (Å²) in [6, 6.07) is 0.825. The van der Waals surface area contributed by atoms with Crippen LogP contribution >= 0.6 is 11.3 Å². The third kappa shape index (κ3) is 2.62. The van der Waals surface area contributed by atoms with Crippen LogP contribution < -0.4 is 5.32 Å². The number of nitrogens with one attached hydrogen (secondary N) is 1. The summed E-state index contributed by atoms with van der Waals surface area (Å²) >= 11 is 1.75. The average molecular weight is 240 g/mol. The minimum Gasteiger partial charge on any atom is -0.396 e. The fraction of sp³-hybridized carbons (Fsp3) is 0.750. The van der Waals surface area contributed by atoms with Gasteiger partial charge in [-0.05, 0) is 32.6 Å². The number of aliphatic hydroxyl groups is 1. The average Bonchev–Trinajstić information content (AvgIpc) is 2.86. The van der Waals surface area contributed by atoms with E-state index in [0.29, 0.717) is 24.6 Å². The Bertz CT molecular complexity index is 340. The molecule has 0 amide bonds. The van der Waals surface area contributed by atoms with Crippen molar-refractivity contribution in [3.63, 3.8) is 0 Å². The predicted molar refractivity (Wildman–Crippen MR) is 66.6 cm³/mol. The molecule has 0 bridgehead atoms. The first-order chi connectivity index (χ1) is 7.70. The summed E-state index contributed by atoms with van der Waals surface area (Å²) < 4.78 is 0. The van der Waals surface area contributed by atoms with Gasteiger partial charge >= 0.3 is 0 Å². The largest absolute Gasteiger partial charge is 0.396 e. The predicted octanol–water partition coefficient (Wildman–Crippen LogP) is 2.26. The first-order valence-corrected chi connectivity index (χ1v) is 6.81. The van der Waals surface area contributed by atoms with Gasteiger partial charge in [0, 0.05) is 29.8 Å². The minimum absolute atomic E-state index is 0.312. The van der Waals surface area contributed by atoms with E-state index in [4.69, 9.17) is 0 Å². The van der Waals surface area contributed by atoms with Crippen LogP contribution in [0.25, 0.3) is 0 Å². The van der Waals surface area contributed by atoms with E-state index >= 15 is 0 Å². The zero-order chi connectivity index (χ0) is 11.5. The number of aliphatic hydroxyl groups excluding tert-OH is 1. The molecule has 1 aliphatic rings. The molecule has 4 heteroatoms. The molecule has 2 N–H and O–H groups in total. The van der Waals surface area contributed by atoms with Gasteiger partial charge in [-0.25, -0.2) is 4.98 Å². The summed E-state index contributed by atoms with van der Waals surface area (Å²) in [7, 11) is 0. The van der Waals surface area contributed by atoms with Crippen molar-refractivity contribution in [1.29, 1.82) is 0 Å². The Kier molecular flexibility index (Phi) is 3.95. The summed E-state index contributed by atoms with van der Waals surface area (Å²) in [5.74, 6) is 0.441.